The van der Waals surface area contributed by atoms with Crippen molar-refractivity contribution < 1.29 is 9.59 Å². The van der Waals surface area contributed by atoms with Gasteiger partial charge >= 0.3 is 0 Å². The minimum atomic E-state index is -0.0615. The van der Waals surface area contributed by atoms with Crippen LogP contribution in [0.1, 0.15) is 48.9 Å². The molecule has 1 saturated heterocycles. The predicted octanol–water partition coefficient (Wildman–Crippen LogP) is 2.66. The van der Waals surface area contributed by atoms with Crippen LogP contribution in [0, 0.1) is 5.92 Å². The summed E-state index contributed by atoms with van der Waals surface area (Å²) in [7, 11) is 0. The van der Waals surface area contributed by atoms with E-state index >= 15 is 0 Å². The van der Waals surface area contributed by atoms with Crippen molar-refractivity contribution >= 4 is 23.2 Å². The Balaban J connectivity index is 1.51. The SMILES string of the molecule is O=C(N[C@H]1CC(=O)N(CC2CCCCC2)C1)c1ccsc1. The zero-order valence-corrected chi connectivity index (χ0v) is 13.0. The van der Waals surface area contributed by atoms with Crippen LogP contribution < -0.4 is 5.32 Å². The fourth-order valence-electron chi connectivity index (χ4n) is 3.39. The molecular weight excluding hydrogens is 284 g/mol. The highest BCUT2D eigenvalue weighted by atomic mass is 32.1. The molecule has 2 amide bonds. The Labute approximate surface area is 129 Å². The van der Waals surface area contributed by atoms with Crippen molar-refractivity contribution in [1.82, 2.24) is 10.2 Å². The van der Waals surface area contributed by atoms with Gasteiger partial charge in [0, 0.05) is 30.5 Å². The summed E-state index contributed by atoms with van der Waals surface area (Å²) >= 11 is 1.51. The maximum absolute atomic E-state index is 12.1. The number of hydrogen-bond acceptors (Lipinski definition) is 3. The lowest BCUT2D eigenvalue weighted by Gasteiger charge is -2.27. The van der Waals surface area contributed by atoms with Crippen LogP contribution >= 0.6 is 11.3 Å². The number of thiophene rings is 1. The fraction of sp³-hybridized carbons (Fsp3) is 0.625. The topological polar surface area (TPSA) is 49.4 Å². The lowest BCUT2D eigenvalue weighted by atomic mass is 9.89. The molecule has 1 aliphatic carbocycles. The maximum atomic E-state index is 12.1. The summed E-state index contributed by atoms with van der Waals surface area (Å²) in [6, 6.07) is 1.78. The third kappa shape index (κ3) is 3.64. The standard InChI is InChI=1S/C16H22N2O2S/c19-15-8-14(17-16(20)13-6-7-21-11-13)10-18(15)9-12-4-2-1-3-5-12/h6-7,11-12,14H,1-5,8-10H2,(H,17,20)/t14-/m0/s1. The number of nitrogens with zero attached hydrogens (tertiary/aromatic N) is 1. The normalized spacial score (nSPS) is 23.5. The minimum Gasteiger partial charge on any atom is -0.347 e. The van der Waals surface area contributed by atoms with Crippen molar-refractivity contribution in [3.05, 3.63) is 22.4 Å². The van der Waals surface area contributed by atoms with Gasteiger partial charge in [-0.25, -0.2) is 0 Å². The molecule has 1 saturated carbocycles. The van der Waals surface area contributed by atoms with Gasteiger partial charge in [-0.15, -0.1) is 0 Å². The molecule has 0 radical (unpaired) electrons. The molecule has 2 heterocycles. The van der Waals surface area contributed by atoms with Gasteiger partial charge in [-0.3, -0.25) is 9.59 Å². The van der Waals surface area contributed by atoms with Crippen LogP contribution in [0.15, 0.2) is 16.8 Å². The number of hydrogen-bond donors (Lipinski definition) is 1. The van der Waals surface area contributed by atoms with Gasteiger partial charge in [-0.05, 0) is 30.2 Å². The number of carbonyl (C=O) groups is 2. The zero-order valence-electron chi connectivity index (χ0n) is 12.2. The summed E-state index contributed by atoms with van der Waals surface area (Å²) in [6.07, 6.45) is 6.87. The van der Waals surface area contributed by atoms with Gasteiger partial charge in [-0.2, -0.15) is 11.3 Å². The van der Waals surface area contributed by atoms with E-state index in [0.717, 1.165) is 6.54 Å². The summed E-state index contributed by atoms with van der Waals surface area (Å²) in [5.41, 5.74) is 0.693. The quantitative estimate of drug-likeness (QED) is 0.929. The van der Waals surface area contributed by atoms with Crippen molar-refractivity contribution in [2.45, 2.75) is 44.6 Å². The molecule has 0 spiro atoms. The van der Waals surface area contributed by atoms with Crippen LogP contribution in [0.25, 0.3) is 0 Å². The summed E-state index contributed by atoms with van der Waals surface area (Å²) in [5.74, 6) is 0.791. The van der Waals surface area contributed by atoms with Crippen molar-refractivity contribution in [3.63, 3.8) is 0 Å². The van der Waals surface area contributed by atoms with Crippen LogP contribution in [0.5, 0.6) is 0 Å². The molecule has 1 aliphatic heterocycles. The largest absolute Gasteiger partial charge is 0.347 e. The third-order valence-corrected chi connectivity index (χ3v) is 5.22. The summed E-state index contributed by atoms with van der Waals surface area (Å²) < 4.78 is 0. The van der Waals surface area contributed by atoms with Gasteiger partial charge in [0.15, 0.2) is 0 Å². The maximum Gasteiger partial charge on any atom is 0.252 e. The van der Waals surface area contributed by atoms with Crippen LogP contribution in [-0.2, 0) is 4.79 Å². The Morgan fingerprint density at radius 2 is 2.14 bits per heavy atom. The molecule has 0 unspecified atom stereocenters. The average Bonchev–Trinajstić information content (AvgIpc) is 3.11. The molecule has 2 fully saturated rings. The van der Waals surface area contributed by atoms with E-state index in [4.69, 9.17) is 0 Å². The van der Waals surface area contributed by atoms with E-state index in [9.17, 15) is 9.59 Å². The lowest BCUT2D eigenvalue weighted by Crippen LogP contribution is -2.38. The number of likely N-dealkylation sites (tertiary alicyclic amines) is 1. The first-order chi connectivity index (χ1) is 10.2. The Morgan fingerprint density at radius 3 is 2.86 bits per heavy atom. The van der Waals surface area contributed by atoms with E-state index in [1.165, 1.54) is 43.4 Å². The first-order valence-corrected chi connectivity index (χ1v) is 8.77. The summed E-state index contributed by atoms with van der Waals surface area (Å²) in [6.45, 7) is 1.55. The van der Waals surface area contributed by atoms with Crippen LogP contribution in [0.2, 0.25) is 0 Å². The van der Waals surface area contributed by atoms with Crippen LogP contribution in [0.4, 0.5) is 0 Å². The molecule has 114 valence electrons. The molecule has 3 rings (SSSR count). The number of nitrogens with one attached hydrogen (secondary N) is 1. The Morgan fingerprint density at radius 1 is 1.33 bits per heavy atom. The molecule has 5 heteroatoms. The van der Waals surface area contributed by atoms with Crippen LogP contribution in [-0.4, -0.2) is 35.8 Å². The average molecular weight is 306 g/mol. The molecule has 1 aromatic heterocycles. The second-order valence-electron chi connectivity index (χ2n) is 6.19. The Hall–Kier alpha value is -1.36. The van der Waals surface area contributed by atoms with Crippen molar-refractivity contribution in [3.8, 4) is 0 Å². The van der Waals surface area contributed by atoms with E-state index in [-0.39, 0.29) is 17.9 Å². The summed E-state index contributed by atoms with van der Waals surface area (Å²) in [5, 5.41) is 6.72. The van der Waals surface area contributed by atoms with E-state index in [2.05, 4.69) is 5.32 Å². The monoisotopic (exact) mass is 306 g/mol. The Kier molecular flexibility index (Phi) is 4.58. The fourth-order valence-corrected chi connectivity index (χ4v) is 4.03. The zero-order chi connectivity index (χ0) is 14.7. The number of carbonyl (C=O) groups excluding carboxylic acids is 2. The number of rotatable bonds is 4. The van der Waals surface area contributed by atoms with Gasteiger partial charge in [0.2, 0.25) is 5.91 Å². The molecule has 0 aromatic carbocycles. The number of amides is 2. The smallest absolute Gasteiger partial charge is 0.252 e. The predicted molar refractivity (Wildman–Crippen MR) is 83.3 cm³/mol. The highest BCUT2D eigenvalue weighted by Crippen LogP contribution is 2.26. The van der Waals surface area contributed by atoms with E-state index < -0.39 is 0 Å². The van der Waals surface area contributed by atoms with Gasteiger partial charge in [-0.1, -0.05) is 19.3 Å². The highest BCUT2D eigenvalue weighted by Gasteiger charge is 2.32. The molecule has 21 heavy (non-hydrogen) atoms. The Bertz CT molecular complexity index is 494. The van der Waals surface area contributed by atoms with Crippen molar-refractivity contribution in [1.29, 1.82) is 0 Å². The van der Waals surface area contributed by atoms with E-state index in [0.29, 0.717) is 24.4 Å². The second kappa shape index (κ2) is 6.60. The minimum absolute atomic E-state index is 0.0338. The van der Waals surface area contributed by atoms with Crippen molar-refractivity contribution in [2.24, 2.45) is 5.92 Å². The van der Waals surface area contributed by atoms with Gasteiger partial charge in [0.25, 0.3) is 5.91 Å². The lowest BCUT2D eigenvalue weighted by molar-refractivity contribution is -0.128. The molecule has 1 aromatic rings. The first-order valence-electron chi connectivity index (χ1n) is 7.83. The molecular formula is C16H22N2O2S. The molecule has 1 atom stereocenters. The molecule has 0 bridgehead atoms. The first kappa shape index (κ1) is 14.6. The van der Waals surface area contributed by atoms with Crippen LogP contribution in [0.3, 0.4) is 0 Å². The third-order valence-electron chi connectivity index (χ3n) is 4.54. The molecule has 1 N–H and O–H groups in total. The van der Waals surface area contributed by atoms with Crippen molar-refractivity contribution in [2.75, 3.05) is 13.1 Å². The highest BCUT2D eigenvalue weighted by molar-refractivity contribution is 7.08. The van der Waals surface area contributed by atoms with Gasteiger partial charge < -0.3 is 10.2 Å². The van der Waals surface area contributed by atoms with E-state index in [1.807, 2.05) is 21.7 Å². The van der Waals surface area contributed by atoms with Gasteiger partial charge in [0.05, 0.1) is 6.04 Å². The second-order valence-corrected chi connectivity index (χ2v) is 6.97. The van der Waals surface area contributed by atoms with E-state index in [1.54, 1.807) is 0 Å². The molecule has 4 nitrogen and oxygen atoms in total. The molecule has 2 aliphatic rings. The van der Waals surface area contributed by atoms with Gasteiger partial charge in [0.1, 0.15) is 0 Å². The summed E-state index contributed by atoms with van der Waals surface area (Å²) in [4.78, 5) is 26.1.